The standard InChI is InChI=1S/C18H20N2O3S/c1-12(2)10-20-15-7-5-4-6-14(15)19-18(20)24-11-13-8-9-16(23-13)17(21)22-3/h4-9,12H,10-11H2,1-3H3. The van der Waals surface area contributed by atoms with Crippen LogP contribution in [0.4, 0.5) is 0 Å². The average Bonchev–Trinajstić information content (AvgIpc) is 3.17. The van der Waals surface area contributed by atoms with Crippen LogP contribution in [0.3, 0.4) is 0 Å². The maximum absolute atomic E-state index is 11.5. The van der Waals surface area contributed by atoms with Crippen LogP contribution in [0.2, 0.25) is 0 Å². The van der Waals surface area contributed by atoms with Gasteiger partial charge in [-0.25, -0.2) is 9.78 Å². The molecule has 6 heteroatoms. The highest BCUT2D eigenvalue weighted by Crippen LogP contribution is 2.28. The molecule has 1 aromatic carbocycles. The molecule has 0 bridgehead atoms. The van der Waals surface area contributed by atoms with E-state index in [1.165, 1.54) is 7.11 Å². The number of hydrogen-bond donors (Lipinski definition) is 0. The lowest BCUT2D eigenvalue weighted by molar-refractivity contribution is 0.0563. The first-order valence-electron chi connectivity index (χ1n) is 7.83. The molecule has 3 aromatic rings. The normalized spacial score (nSPS) is 11.3. The van der Waals surface area contributed by atoms with E-state index in [-0.39, 0.29) is 5.76 Å². The van der Waals surface area contributed by atoms with Gasteiger partial charge in [-0.1, -0.05) is 37.7 Å². The SMILES string of the molecule is COC(=O)c1ccc(CSc2nc3ccccc3n2CC(C)C)o1. The molecule has 3 rings (SSSR count). The summed E-state index contributed by atoms with van der Waals surface area (Å²) in [5.74, 6) is 1.63. The molecule has 0 fully saturated rings. The van der Waals surface area contributed by atoms with E-state index in [9.17, 15) is 4.79 Å². The Labute approximate surface area is 145 Å². The van der Waals surface area contributed by atoms with Crippen LogP contribution in [0, 0.1) is 5.92 Å². The number of imidazole rings is 1. The molecule has 0 aliphatic rings. The molecule has 0 aliphatic heterocycles. The molecular weight excluding hydrogens is 324 g/mol. The van der Waals surface area contributed by atoms with Crippen LogP contribution in [0.25, 0.3) is 11.0 Å². The van der Waals surface area contributed by atoms with Crippen molar-refractivity contribution in [3.8, 4) is 0 Å². The molecule has 2 heterocycles. The zero-order chi connectivity index (χ0) is 17.1. The highest BCUT2D eigenvalue weighted by molar-refractivity contribution is 7.98. The van der Waals surface area contributed by atoms with Crippen molar-refractivity contribution < 1.29 is 13.9 Å². The van der Waals surface area contributed by atoms with Gasteiger partial charge in [-0.2, -0.15) is 0 Å². The number of hydrogen-bond acceptors (Lipinski definition) is 5. The van der Waals surface area contributed by atoms with Gasteiger partial charge in [0.15, 0.2) is 5.16 Å². The summed E-state index contributed by atoms with van der Waals surface area (Å²) in [6, 6.07) is 11.6. The summed E-state index contributed by atoms with van der Waals surface area (Å²) in [5.41, 5.74) is 2.14. The summed E-state index contributed by atoms with van der Waals surface area (Å²) in [6.07, 6.45) is 0. The molecule has 0 radical (unpaired) electrons. The van der Waals surface area contributed by atoms with Crippen LogP contribution in [0.5, 0.6) is 0 Å². The molecule has 24 heavy (non-hydrogen) atoms. The van der Waals surface area contributed by atoms with E-state index in [4.69, 9.17) is 9.40 Å². The van der Waals surface area contributed by atoms with Crippen LogP contribution in [-0.2, 0) is 17.0 Å². The minimum absolute atomic E-state index is 0.226. The molecule has 0 saturated carbocycles. The van der Waals surface area contributed by atoms with Crippen molar-refractivity contribution in [2.75, 3.05) is 7.11 Å². The van der Waals surface area contributed by atoms with Gasteiger partial charge in [0.25, 0.3) is 0 Å². The van der Waals surface area contributed by atoms with Gasteiger partial charge in [0.05, 0.1) is 23.9 Å². The maximum Gasteiger partial charge on any atom is 0.373 e. The predicted molar refractivity (Wildman–Crippen MR) is 94.2 cm³/mol. The lowest BCUT2D eigenvalue weighted by Crippen LogP contribution is -2.05. The Kier molecular flexibility index (Phi) is 4.94. The topological polar surface area (TPSA) is 57.3 Å². The summed E-state index contributed by atoms with van der Waals surface area (Å²) >= 11 is 1.61. The fraction of sp³-hybridized carbons (Fsp3) is 0.333. The van der Waals surface area contributed by atoms with Crippen molar-refractivity contribution >= 4 is 28.8 Å². The third kappa shape index (κ3) is 3.48. The van der Waals surface area contributed by atoms with Gasteiger partial charge in [-0.15, -0.1) is 0 Å². The number of rotatable bonds is 6. The molecule has 0 spiro atoms. The second kappa shape index (κ2) is 7.13. The Morgan fingerprint density at radius 1 is 1.29 bits per heavy atom. The molecule has 0 aliphatic carbocycles. The third-order valence-corrected chi connectivity index (χ3v) is 4.56. The fourth-order valence-corrected chi connectivity index (χ4v) is 3.42. The van der Waals surface area contributed by atoms with E-state index >= 15 is 0 Å². The number of fused-ring (bicyclic) bond motifs is 1. The first kappa shape index (κ1) is 16.6. The molecule has 126 valence electrons. The van der Waals surface area contributed by atoms with Crippen molar-refractivity contribution in [3.05, 3.63) is 47.9 Å². The number of methoxy groups -OCH3 is 1. The van der Waals surface area contributed by atoms with Crippen molar-refractivity contribution in [2.45, 2.75) is 31.3 Å². The molecule has 0 unspecified atom stereocenters. The van der Waals surface area contributed by atoms with Crippen molar-refractivity contribution in [3.63, 3.8) is 0 Å². The highest BCUT2D eigenvalue weighted by atomic mass is 32.2. The number of thioether (sulfide) groups is 1. The quantitative estimate of drug-likeness (QED) is 0.491. The molecule has 5 nitrogen and oxygen atoms in total. The van der Waals surface area contributed by atoms with Crippen LogP contribution in [0.15, 0.2) is 46.0 Å². The number of carbonyl (C=O) groups is 1. The van der Waals surface area contributed by atoms with Crippen LogP contribution in [0.1, 0.15) is 30.2 Å². The number of para-hydroxylation sites is 2. The maximum atomic E-state index is 11.5. The van der Waals surface area contributed by atoms with Gasteiger partial charge < -0.3 is 13.7 Å². The van der Waals surface area contributed by atoms with Gasteiger partial charge >= 0.3 is 5.97 Å². The Bertz CT molecular complexity index is 851. The van der Waals surface area contributed by atoms with E-state index in [0.29, 0.717) is 11.7 Å². The summed E-state index contributed by atoms with van der Waals surface area (Å²) in [6.45, 7) is 5.30. The van der Waals surface area contributed by atoms with Crippen LogP contribution >= 0.6 is 11.8 Å². The number of carbonyl (C=O) groups excluding carboxylic acids is 1. The van der Waals surface area contributed by atoms with Crippen molar-refractivity contribution in [1.82, 2.24) is 9.55 Å². The van der Waals surface area contributed by atoms with E-state index in [1.807, 2.05) is 18.2 Å². The molecule has 0 saturated heterocycles. The second-order valence-electron chi connectivity index (χ2n) is 5.93. The number of nitrogens with zero attached hydrogens (tertiary/aromatic N) is 2. The number of ether oxygens (including phenoxy) is 1. The van der Waals surface area contributed by atoms with Gasteiger partial charge in [0.2, 0.25) is 5.76 Å². The first-order valence-corrected chi connectivity index (χ1v) is 8.82. The zero-order valence-electron chi connectivity index (χ0n) is 14.0. The van der Waals surface area contributed by atoms with Crippen LogP contribution < -0.4 is 0 Å². The minimum atomic E-state index is -0.460. The monoisotopic (exact) mass is 344 g/mol. The minimum Gasteiger partial charge on any atom is -0.463 e. The average molecular weight is 344 g/mol. The Hall–Kier alpha value is -2.21. The third-order valence-electron chi connectivity index (χ3n) is 3.56. The molecule has 0 amide bonds. The fourth-order valence-electron chi connectivity index (χ4n) is 2.51. The van der Waals surface area contributed by atoms with Crippen molar-refractivity contribution in [1.29, 1.82) is 0 Å². The molecular formula is C18H20N2O3S. The smallest absolute Gasteiger partial charge is 0.373 e. The van der Waals surface area contributed by atoms with E-state index in [2.05, 4.69) is 29.2 Å². The number of furan rings is 1. The van der Waals surface area contributed by atoms with E-state index < -0.39 is 5.97 Å². The summed E-state index contributed by atoms with van der Waals surface area (Å²) < 4.78 is 12.4. The van der Waals surface area contributed by atoms with Gasteiger partial charge in [-0.05, 0) is 30.2 Å². The molecule has 0 atom stereocenters. The lowest BCUT2D eigenvalue weighted by Gasteiger charge is -2.10. The molecule has 0 N–H and O–H groups in total. The van der Waals surface area contributed by atoms with E-state index in [1.54, 1.807) is 23.9 Å². The molecule has 2 aromatic heterocycles. The lowest BCUT2D eigenvalue weighted by atomic mass is 10.2. The first-order chi connectivity index (χ1) is 11.6. The second-order valence-corrected chi connectivity index (χ2v) is 6.88. The zero-order valence-corrected chi connectivity index (χ0v) is 14.8. The van der Waals surface area contributed by atoms with Crippen molar-refractivity contribution in [2.24, 2.45) is 5.92 Å². The highest BCUT2D eigenvalue weighted by Gasteiger charge is 2.15. The summed E-state index contributed by atoms with van der Waals surface area (Å²) in [4.78, 5) is 16.2. The largest absolute Gasteiger partial charge is 0.463 e. The Morgan fingerprint density at radius 3 is 2.83 bits per heavy atom. The number of aromatic nitrogens is 2. The Morgan fingerprint density at radius 2 is 2.08 bits per heavy atom. The van der Waals surface area contributed by atoms with Gasteiger partial charge in [-0.3, -0.25) is 0 Å². The number of benzene rings is 1. The Balaban J connectivity index is 1.81. The van der Waals surface area contributed by atoms with Crippen LogP contribution in [-0.4, -0.2) is 22.6 Å². The van der Waals surface area contributed by atoms with Gasteiger partial charge in [0, 0.05) is 6.54 Å². The number of esters is 1. The van der Waals surface area contributed by atoms with Gasteiger partial charge in [0.1, 0.15) is 5.76 Å². The predicted octanol–water partition coefficient (Wildman–Crippen LogP) is 4.36. The summed E-state index contributed by atoms with van der Waals surface area (Å²) in [7, 11) is 1.34. The summed E-state index contributed by atoms with van der Waals surface area (Å²) in [5, 5.41) is 0.959. The van der Waals surface area contributed by atoms with E-state index in [0.717, 1.165) is 28.5 Å².